The van der Waals surface area contributed by atoms with Crippen LogP contribution < -0.4 is 0 Å². The van der Waals surface area contributed by atoms with E-state index >= 15 is 0 Å². The molecule has 0 amide bonds. The van der Waals surface area contributed by atoms with Gasteiger partial charge in [-0.3, -0.25) is 4.90 Å². The molecule has 0 radical (unpaired) electrons. The summed E-state index contributed by atoms with van der Waals surface area (Å²) in [5.74, 6) is 0.839. The Bertz CT molecular complexity index is 277. The van der Waals surface area contributed by atoms with Gasteiger partial charge in [0.05, 0.1) is 12.7 Å². The minimum absolute atomic E-state index is 0.358. The summed E-state index contributed by atoms with van der Waals surface area (Å²) >= 11 is 0. The topological polar surface area (TPSA) is 24.9 Å². The maximum atomic E-state index is 5.79. The fourth-order valence-electron chi connectivity index (χ4n) is 3.06. The van der Waals surface area contributed by atoms with Crippen LogP contribution in [0.15, 0.2) is 0 Å². The highest BCUT2D eigenvalue weighted by molar-refractivity contribution is 4.71. The molecule has 4 nitrogen and oxygen atoms in total. The van der Waals surface area contributed by atoms with E-state index < -0.39 is 0 Å². The first-order chi connectivity index (χ1) is 11.6. The average Bonchev–Trinajstić information content (AvgIpc) is 2.54. The van der Waals surface area contributed by atoms with Gasteiger partial charge < -0.3 is 14.4 Å². The number of hydrogen-bond acceptors (Lipinski definition) is 4. The van der Waals surface area contributed by atoms with Gasteiger partial charge in [-0.05, 0) is 58.4 Å². The quantitative estimate of drug-likeness (QED) is 0.450. The van der Waals surface area contributed by atoms with Crippen LogP contribution in [0.2, 0.25) is 0 Å². The maximum absolute atomic E-state index is 5.79. The summed E-state index contributed by atoms with van der Waals surface area (Å²) in [6.07, 6.45) is 6.59. The van der Waals surface area contributed by atoms with Crippen molar-refractivity contribution in [1.29, 1.82) is 0 Å². The summed E-state index contributed by atoms with van der Waals surface area (Å²) in [6.45, 7) is 18.7. The second kappa shape index (κ2) is 14.1. The van der Waals surface area contributed by atoms with E-state index in [4.69, 9.17) is 9.47 Å². The lowest BCUT2D eigenvalue weighted by atomic mass is 10.1. The second-order valence-electron chi connectivity index (χ2n) is 7.81. The summed E-state index contributed by atoms with van der Waals surface area (Å²) in [5, 5.41) is 0. The standard InChI is InChI=1S/C20H42N2O2/c1-19(2)9-8-10-21-11-13-22(14-12-21)15-18-23-16-6-5-7-17-24-20(3)4/h19-20H,5-18H2,1-4H3. The Hall–Kier alpha value is -0.160. The molecule has 0 atom stereocenters. The first-order valence-corrected chi connectivity index (χ1v) is 10.2. The van der Waals surface area contributed by atoms with Crippen LogP contribution in [0, 0.1) is 5.92 Å². The van der Waals surface area contributed by atoms with Crippen molar-refractivity contribution < 1.29 is 9.47 Å². The van der Waals surface area contributed by atoms with Crippen LogP contribution in [0.4, 0.5) is 0 Å². The normalized spacial score (nSPS) is 17.2. The van der Waals surface area contributed by atoms with Crippen LogP contribution in [-0.2, 0) is 9.47 Å². The minimum Gasteiger partial charge on any atom is -0.380 e. The van der Waals surface area contributed by atoms with Crippen molar-refractivity contribution in [2.45, 2.75) is 65.9 Å². The molecule has 144 valence electrons. The molecule has 0 unspecified atom stereocenters. The van der Waals surface area contributed by atoms with Crippen LogP contribution in [-0.4, -0.2) is 75.0 Å². The number of unbranched alkanes of at least 4 members (excludes halogenated alkanes) is 2. The highest BCUT2D eigenvalue weighted by Crippen LogP contribution is 2.07. The molecule has 1 heterocycles. The van der Waals surface area contributed by atoms with Gasteiger partial charge in [0.15, 0.2) is 0 Å². The van der Waals surface area contributed by atoms with Crippen molar-refractivity contribution in [3.63, 3.8) is 0 Å². The van der Waals surface area contributed by atoms with Gasteiger partial charge in [0.25, 0.3) is 0 Å². The Labute approximate surface area is 150 Å². The van der Waals surface area contributed by atoms with E-state index in [0.29, 0.717) is 6.10 Å². The SMILES string of the molecule is CC(C)CCCN1CCN(CCOCCCCCOC(C)C)CC1. The molecule has 24 heavy (non-hydrogen) atoms. The Morgan fingerprint density at radius 1 is 0.708 bits per heavy atom. The average molecular weight is 343 g/mol. The molecule has 0 spiro atoms. The lowest BCUT2D eigenvalue weighted by Gasteiger charge is -2.34. The molecular weight excluding hydrogens is 300 g/mol. The monoisotopic (exact) mass is 342 g/mol. The molecule has 1 aliphatic rings. The Morgan fingerprint density at radius 3 is 1.96 bits per heavy atom. The van der Waals surface area contributed by atoms with Gasteiger partial charge in [0.1, 0.15) is 0 Å². The molecular formula is C20H42N2O2. The molecule has 0 bridgehead atoms. The van der Waals surface area contributed by atoms with Crippen LogP contribution in [0.3, 0.4) is 0 Å². The molecule has 1 saturated heterocycles. The van der Waals surface area contributed by atoms with Gasteiger partial charge in [-0.1, -0.05) is 13.8 Å². The number of hydrogen-bond donors (Lipinski definition) is 0. The van der Waals surface area contributed by atoms with Gasteiger partial charge in [-0.2, -0.15) is 0 Å². The molecule has 1 rings (SSSR count). The summed E-state index contributed by atoms with van der Waals surface area (Å²) in [4.78, 5) is 5.17. The van der Waals surface area contributed by atoms with Crippen molar-refractivity contribution in [3.8, 4) is 0 Å². The molecule has 0 aromatic heterocycles. The molecule has 0 aromatic carbocycles. The number of rotatable bonds is 14. The second-order valence-corrected chi connectivity index (χ2v) is 7.81. The minimum atomic E-state index is 0.358. The summed E-state index contributed by atoms with van der Waals surface area (Å²) in [5.41, 5.74) is 0. The highest BCUT2D eigenvalue weighted by atomic mass is 16.5. The third-order valence-electron chi connectivity index (χ3n) is 4.66. The highest BCUT2D eigenvalue weighted by Gasteiger charge is 2.15. The summed E-state index contributed by atoms with van der Waals surface area (Å²) < 4.78 is 11.3. The van der Waals surface area contributed by atoms with E-state index in [1.165, 1.54) is 52.0 Å². The lowest BCUT2D eigenvalue weighted by molar-refractivity contribution is 0.0650. The molecule has 1 fully saturated rings. The van der Waals surface area contributed by atoms with E-state index in [1.807, 2.05) is 0 Å². The molecule has 1 aliphatic heterocycles. The number of piperazine rings is 1. The largest absolute Gasteiger partial charge is 0.380 e. The van der Waals surface area contributed by atoms with Gasteiger partial charge in [-0.25, -0.2) is 0 Å². The van der Waals surface area contributed by atoms with Gasteiger partial charge in [0, 0.05) is 45.9 Å². The van der Waals surface area contributed by atoms with E-state index in [9.17, 15) is 0 Å². The zero-order chi connectivity index (χ0) is 17.6. The van der Waals surface area contributed by atoms with Crippen molar-refractivity contribution in [2.75, 3.05) is 59.1 Å². The smallest absolute Gasteiger partial charge is 0.0593 e. The first-order valence-electron chi connectivity index (χ1n) is 10.2. The predicted octanol–water partition coefficient (Wildman–Crippen LogP) is 3.65. The zero-order valence-corrected chi connectivity index (χ0v) is 16.8. The van der Waals surface area contributed by atoms with Crippen molar-refractivity contribution in [2.24, 2.45) is 5.92 Å². The van der Waals surface area contributed by atoms with Gasteiger partial charge >= 0.3 is 0 Å². The summed E-state index contributed by atoms with van der Waals surface area (Å²) in [6, 6.07) is 0. The van der Waals surface area contributed by atoms with E-state index in [0.717, 1.165) is 45.1 Å². The molecule has 4 heteroatoms. The fraction of sp³-hybridized carbons (Fsp3) is 1.00. The third kappa shape index (κ3) is 12.2. The Kier molecular flexibility index (Phi) is 12.8. The van der Waals surface area contributed by atoms with Crippen molar-refractivity contribution in [1.82, 2.24) is 9.80 Å². The van der Waals surface area contributed by atoms with Gasteiger partial charge in [0.2, 0.25) is 0 Å². The molecule has 0 saturated carbocycles. The number of ether oxygens (including phenoxy) is 2. The van der Waals surface area contributed by atoms with Crippen LogP contribution in [0.1, 0.15) is 59.8 Å². The Balaban J connectivity index is 1.86. The van der Waals surface area contributed by atoms with E-state index in [-0.39, 0.29) is 0 Å². The summed E-state index contributed by atoms with van der Waals surface area (Å²) in [7, 11) is 0. The molecule has 0 N–H and O–H groups in total. The van der Waals surface area contributed by atoms with Crippen LogP contribution in [0.5, 0.6) is 0 Å². The zero-order valence-electron chi connectivity index (χ0n) is 16.8. The lowest BCUT2D eigenvalue weighted by Crippen LogP contribution is -2.47. The van der Waals surface area contributed by atoms with E-state index in [1.54, 1.807) is 0 Å². The maximum Gasteiger partial charge on any atom is 0.0593 e. The third-order valence-corrected chi connectivity index (χ3v) is 4.66. The number of nitrogens with zero attached hydrogens (tertiary/aromatic N) is 2. The van der Waals surface area contributed by atoms with Crippen LogP contribution >= 0.6 is 0 Å². The predicted molar refractivity (Wildman–Crippen MR) is 103 cm³/mol. The van der Waals surface area contributed by atoms with Gasteiger partial charge in [-0.15, -0.1) is 0 Å². The Morgan fingerprint density at radius 2 is 1.33 bits per heavy atom. The fourth-order valence-corrected chi connectivity index (χ4v) is 3.06. The molecule has 0 aromatic rings. The van der Waals surface area contributed by atoms with Crippen LogP contribution in [0.25, 0.3) is 0 Å². The first kappa shape index (κ1) is 21.9. The van der Waals surface area contributed by atoms with Crippen molar-refractivity contribution in [3.05, 3.63) is 0 Å². The molecule has 0 aliphatic carbocycles. The van der Waals surface area contributed by atoms with E-state index in [2.05, 4.69) is 37.5 Å². The van der Waals surface area contributed by atoms with Crippen molar-refractivity contribution >= 4 is 0 Å².